The van der Waals surface area contributed by atoms with Gasteiger partial charge < -0.3 is 10.1 Å². The molecule has 1 N–H and O–H groups in total. The Kier molecular flexibility index (Phi) is 7.04. The summed E-state index contributed by atoms with van der Waals surface area (Å²) >= 11 is 0. The Bertz CT molecular complexity index is 436. The van der Waals surface area contributed by atoms with E-state index in [2.05, 4.69) is 10.1 Å². The van der Waals surface area contributed by atoms with Crippen molar-refractivity contribution in [3.05, 3.63) is 35.4 Å². The maximum atomic E-state index is 13.6. The standard InChI is InChI=1S/C14H18F5NO/c1-2-20-11(6-7-21-9-14(17,18)19)8-10-4-3-5-12(15)13(10)16/h3-5,11,20H,2,6-9H2,1H3. The molecule has 1 aromatic carbocycles. The third kappa shape index (κ3) is 6.86. The Hall–Kier alpha value is -1.21. The zero-order valence-corrected chi connectivity index (χ0v) is 11.6. The van der Waals surface area contributed by atoms with Crippen molar-refractivity contribution < 1.29 is 26.7 Å². The molecule has 120 valence electrons. The average Bonchev–Trinajstić information content (AvgIpc) is 2.39. The zero-order chi connectivity index (χ0) is 15.9. The maximum absolute atomic E-state index is 13.6. The van der Waals surface area contributed by atoms with Crippen LogP contribution in [0.15, 0.2) is 18.2 Å². The van der Waals surface area contributed by atoms with Gasteiger partial charge in [0.1, 0.15) is 6.61 Å². The minimum absolute atomic E-state index is 0.103. The van der Waals surface area contributed by atoms with Crippen LogP contribution >= 0.6 is 0 Å². The first-order chi connectivity index (χ1) is 9.83. The van der Waals surface area contributed by atoms with E-state index in [0.29, 0.717) is 6.54 Å². The van der Waals surface area contributed by atoms with Crippen molar-refractivity contribution in [3.8, 4) is 0 Å². The molecule has 0 fully saturated rings. The van der Waals surface area contributed by atoms with Gasteiger partial charge in [0.15, 0.2) is 11.6 Å². The van der Waals surface area contributed by atoms with Crippen LogP contribution in [0.1, 0.15) is 18.9 Å². The molecule has 0 aliphatic rings. The quantitative estimate of drug-likeness (QED) is 0.586. The number of likely N-dealkylation sites (N-methyl/N-ethyl adjacent to an activating group) is 1. The highest BCUT2D eigenvalue weighted by molar-refractivity contribution is 5.20. The van der Waals surface area contributed by atoms with E-state index in [1.165, 1.54) is 12.1 Å². The molecule has 1 unspecified atom stereocenters. The molecule has 21 heavy (non-hydrogen) atoms. The molecule has 0 aromatic heterocycles. The Morgan fingerprint density at radius 3 is 2.57 bits per heavy atom. The van der Waals surface area contributed by atoms with Crippen LogP contribution in [0.5, 0.6) is 0 Å². The molecule has 7 heteroatoms. The van der Waals surface area contributed by atoms with E-state index in [9.17, 15) is 22.0 Å². The minimum atomic E-state index is -4.36. The van der Waals surface area contributed by atoms with Crippen LogP contribution in [0.4, 0.5) is 22.0 Å². The lowest BCUT2D eigenvalue weighted by atomic mass is 10.0. The minimum Gasteiger partial charge on any atom is -0.372 e. The van der Waals surface area contributed by atoms with E-state index in [1.807, 2.05) is 6.92 Å². The van der Waals surface area contributed by atoms with Gasteiger partial charge in [-0.05, 0) is 31.0 Å². The fourth-order valence-electron chi connectivity index (χ4n) is 1.95. The molecule has 1 rings (SSSR count). The topological polar surface area (TPSA) is 21.3 Å². The van der Waals surface area contributed by atoms with Gasteiger partial charge in [0.25, 0.3) is 0 Å². The summed E-state index contributed by atoms with van der Waals surface area (Å²) in [6, 6.07) is 3.60. The van der Waals surface area contributed by atoms with Crippen molar-refractivity contribution in [2.24, 2.45) is 0 Å². The molecule has 1 aromatic rings. The van der Waals surface area contributed by atoms with Crippen molar-refractivity contribution in [1.29, 1.82) is 0 Å². The van der Waals surface area contributed by atoms with Crippen LogP contribution in [0.2, 0.25) is 0 Å². The summed E-state index contributed by atoms with van der Waals surface area (Å²) < 4.78 is 67.0. The summed E-state index contributed by atoms with van der Waals surface area (Å²) in [6.45, 7) is 0.987. The molecular weight excluding hydrogens is 293 g/mol. The van der Waals surface area contributed by atoms with E-state index in [1.54, 1.807) is 0 Å². The second-order valence-electron chi connectivity index (χ2n) is 4.63. The van der Waals surface area contributed by atoms with E-state index >= 15 is 0 Å². The summed E-state index contributed by atoms with van der Waals surface area (Å²) in [5.41, 5.74) is 0.191. The molecule has 0 bridgehead atoms. The Balaban J connectivity index is 2.51. The van der Waals surface area contributed by atoms with Crippen LogP contribution in [0.3, 0.4) is 0 Å². The molecule has 0 saturated heterocycles. The first-order valence-electron chi connectivity index (χ1n) is 6.64. The van der Waals surface area contributed by atoms with Crippen molar-refractivity contribution in [1.82, 2.24) is 5.32 Å². The molecule has 2 nitrogen and oxygen atoms in total. The first-order valence-corrected chi connectivity index (χ1v) is 6.64. The highest BCUT2D eigenvalue weighted by atomic mass is 19.4. The van der Waals surface area contributed by atoms with Gasteiger partial charge in [-0.2, -0.15) is 13.2 Å². The number of halogens is 5. The van der Waals surface area contributed by atoms with Crippen molar-refractivity contribution in [3.63, 3.8) is 0 Å². The van der Waals surface area contributed by atoms with Crippen LogP contribution in [0.25, 0.3) is 0 Å². The second kappa shape index (κ2) is 8.29. The predicted octanol–water partition coefficient (Wildman–Crippen LogP) is 3.45. The van der Waals surface area contributed by atoms with Gasteiger partial charge in [0.2, 0.25) is 0 Å². The van der Waals surface area contributed by atoms with Crippen molar-refractivity contribution in [2.75, 3.05) is 19.8 Å². The van der Waals surface area contributed by atoms with E-state index in [-0.39, 0.29) is 31.1 Å². The molecule has 0 amide bonds. The van der Waals surface area contributed by atoms with Gasteiger partial charge >= 0.3 is 6.18 Å². The molecule has 0 aliphatic heterocycles. The number of ether oxygens (including phenoxy) is 1. The summed E-state index contributed by atoms with van der Waals surface area (Å²) in [5.74, 6) is -1.85. The predicted molar refractivity (Wildman–Crippen MR) is 69.0 cm³/mol. The van der Waals surface area contributed by atoms with E-state index in [4.69, 9.17) is 0 Å². The molecule has 1 atom stereocenters. The maximum Gasteiger partial charge on any atom is 0.411 e. The van der Waals surface area contributed by atoms with Gasteiger partial charge in [0.05, 0.1) is 0 Å². The zero-order valence-electron chi connectivity index (χ0n) is 11.6. The summed E-state index contributed by atoms with van der Waals surface area (Å²) in [4.78, 5) is 0. The normalized spacial score (nSPS) is 13.4. The number of rotatable bonds is 8. The lowest BCUT2D eigenvalue weighted by Gasteiger charge is -2.18. The van der Waals surface area contributed by atoms with Gasteiger partial charge in [-0.1, -0.05) is 19.1 Å². The van der Waals surface area contributed by atoms with Gasteiger partial charge in [-0.15, -0.1) is 0 Å². The molecule has 0 heterocycles. The van der Waals surface area contributed by atoms with Crippen molar-refractivity contribution in [2.45, 2.75) is 32.0 Å². The second-order valence-corrected chi connectivity index (χ2v) is 4.63. The molecular formula is C14H18F5NO. The number of nitrogens with one attached hydrogen (secondary N) is 1. The van der Waals surface area contributed by atoms with Crippen LogP contribution in [-0.4, -0.2) is 32.0 Å². The lowest BCUT2D eigenvalue weighted by Crippen LogP contribution is -2.33. The highest BCUT2D eigenvalue weighted by Gasteiger charge is 2.27. The third-order valence-corrected chi connectivity index (χ3v) is 2.87. The smallest absolute Gasteiger partial charge is 0.372 e. The van der Waals surface area contributed by atoms with E-state index in [0.717, 1.165) is 6.07 Å². The number of hydrogen-bond donors (Lipinski definition) is 1. The number of alkyl halides is 3. The fourth-order valence-corrected chi connectivity index (χ4v) is 1.95. The Morgan fingerprint density at radius 1 is 1.24 bits per heavy atom. The third-order valence-electron chi connectivity index (χ3n) is 2.87. The van der Waals surface area contributed by atoms with E-state index < -0.39 is 24.4 Å². The summed E-state index contributed by atoms with van der Waals surface area (Å²) in [7, 11) is 0. The fraction of sp³-hybridized carbons (Fsp3) is 0.571. The molecule has 0 aliphatic carbocycles. The first kappa shape index (κ1) is 17.8. The molecule has 0 radical (unpaired) electrons. The van der Waals surface area contributed by atoms with Crippen LogP contribution in [0, 0.1) is 11.6 Å². The SMILES string of the molecule is CCNC(CCOCC(F)(F)F)Cc1cccc(F)c1F. The highest BCUT2D eigenvalue weighted by Crippen LogP contribution is 2.16. The average molecular weight is 311 g/mol. The van der Waals surface area contributed by atoms with Gasteiger partial charge in [-0.3, -0.25) is 0 Å². The monoisotopic (exact) mass is 311 g/mol. The molecule has 0 saturated carbocycles. The largest absolute Gasteiger partial charge is 0.411 e. The molecule has 0 spiro atoms. The van der Waals surface area contributed by atoms with Crippen LogP contribution in [-0.2, 0) is 11.2 Å². The summed E-state index contributed by atoms with van der Waals surface area (Å²) in [6.07, 6.45) is -3.89. The van der Waals surface area contributed by atoms with Gasteiger partial charge in [0, 0.05) is 12.6 Å². The van der Waals surface area contributed by atoms with Crippen LogP contribution < -0.4 is 5.32 Å². The Morgan fingerprint density at radius 2 is 1.95 bits per heavy atom. The van der Waals surface area contributed by atoms with Gasteiger partial charge in [-0.25, -0.2) is 8.78 Å². The van der Waals surface area contributed by atoms with Crippen molar-refractivity contribution >= 4 is 0 Å². The number of hydrogen-bond acceptors (Lipinski definition) is 2. The lowest BCUT2D eigenvalue weighted by molar-refractivity contribution is -0.174. The number of benzene rings is 1. The Labute approximate surface area is 120 Å². The summed E-state index contributed by atoms with van der Waals surface area (Å²) in [5, 5.41) is 3.03.